The summed E-state index contributed by atoms with van der Waals surface area (Å²) in [4.78, 5) is 7.23. The first-order chi connectivity index (χ1) is 8.34. The zero-order valence-corrected chi connectivity index (χ0v) is 9.17. The Morgan fingerprint density at radius 3 is 2.71 bits per heavy atom. The number of aromatic amines is 1. The Labute approximate surface area is 98.8 Å². The normalized spacial score (nSPS) is 12.8. The lowest BCUT2D eigenvalue weighted by atomic mass is 10.1. The number of H-pyrrole nitrogens is 1. The molecule has 0 aliphatic rings. The van der Waals surface area contributed by atoms with Crippen LogP contribution in [0.1, 0.15) is 17.4 Å². The fourth-order valence-corrected chi connectivity index (χ4v) is 1.96. The smallest absolute Gasteiger partial charge is 0.119 e. The quantitative estimate of drug-likeness (QED) is 0.703. The van der Waals surface area contributed by atoms with E-state index in [0.717, 1.165) is 22.2 Å². The van der Waals surface area contributed by atoms with Crippen LogP contribution in [0.25, 0.3) is 10.9 Å². The molecule has 3 heteroatoms. The van der Waals surface area contributed by atoms with Gasteiger partial charge in [-0.1, -0.05) is 30.3 Å². The summed E-state index contributed by atoms with van der Waals surface area (Å²) < 4.78 is 0. The van der Waals surface area contributed by atoms with Gasteiger partial charge in [0.05, 0.1) is 11.7 Å². The predicted octanol–water partition coefficient (Wildman–Crippen LogP) is 2.64. The lowest BCUT2D eigenvalue weighted by Gasteiger charge is -2.08. The molecule has 84 valence electrons. The molecule has 0 spiro atoms. The number of benzene rings is 1. The first kappa shape index (κ1) is 10.1. The molecular weight excluding hydrogens is 212 g/mol. The molecule has 0 saturated heterocycles. The van der Waals surface area contributed by atoms with Crippen molar-refractivity contribution < 1.29 is 5.11 Å². The molecule has 0 radical (unpaired) electrons. The summed E-state index contributed by atoms with van der Waals surface area (Å²) in [5.41, 5.74) is 2.61. The second-order valence-corrected chi connectivity index (χ2v) is 4.00. The minimum absolute atomic E-state index is 0.622. The van der Waals surface area contributed by atoms with E-state index in [2.05, 4.69) is 9.97 Å². The molecule has 0 unspecified atom stereocenters. The summed E-state index contributed by atoms with van der Waals surface area (Å²) in [5, 5.41) is 11.3. The molecule has 1 atom stereocenters. The van der Waals surface area contributed by atoms with Crippen LogP contribution in [0.2, 0.25) is 0 Å². The van der Waals surface area contributed by atoms with Gasteiger partial charge in [0.15, 0.2) is 0 Å². The Morgan fingerprint density at radius 2 is 1.94 bits per heavy atom. The lowest BCUT2D eigenvalue weighted by Crippen LogP contribution is -1.99. The molecule has 2 N–H and O–H groups in total. The van der Waals surface area contributed by atoms with Gasteiger partial charge in [-0.15, -0.1) is 0 Å². The van der Waals surface area contributed by atoms with E-state index in [1.54, 1.807) is 12.4 Å². The van der Waals surface area contributed by atoms with Gasteiger partial charge in [0, 0.05) is 17.3 Å². The molecule has 0 amide bonds. The van der Waals surface area contributed by atoms with Crippen molar-refractivity contribution in [1.29, 1.82) is 0 Å². The molecular formula is C14H12N2O. The summed E-state index contributed by atoms with van der Waals surface area (Å²) in [6.07, 6.45) is 2.88. The predicted molar refractivity (Wildman–Crippen MR) is 66.6 cm³/mol. The number of hydrogen-bond acceptors (Lipinski definition) is 2. The molecule has 0 bridgehead atoms. The van der Waals surface area contributed by atoms with E-state index < -0.39 is 6.10 Å². The lowest BCUT2D eigenvalue weighted by molar-refractivity contribution is 0.216. The Kier molecular flexibility index (Phi) is 2.38. The molecule has 0 saturated carbocycles. The molecule has 3 rings (SSSR count). The highest BCUT2D eigenvalue weighted by Gasteiger charge is 2.12. The number of nitrogens with zero attached hydrogens (tertiary/aromatic N) is 1. The van der Waals surface area contributed by atoms with E-state index in [9.17, 15) is 5.11 Å². The highest BCUT2D eigenvalue weighted by atomic mass is 16.3. The summed E-state index contributed by atoms with van der Waals surface area (Å²) in [7, 11) is 0. The average molecular weight is 224 g/mol. The maximum absolute atomic E-state index is 10.2. The first-order valence-corrected chi connectivity index (χ1v) is 5.50. The largest absolute Gasteiger partial charge is 0.382 e. The van der Waals surface area contributed by atoms with Gasteiger partial charge in [-0.2, -0.15) is 0 Å². The van der Waals surface area contributed by atoms with Crippen molar-refractivity contribution in [1.82, 2.24) is 9.97 Å². The van der Waals surface area contributed by atoms with Gasteiger partial charge in [-0.25, -0.2) is 0 Å². The van der Waals surface area contributed by atoms with E-state index in [1.165, 1.54) is 0 Å². The van der Waals surface area contributed by atoms with Crippen molar-refractivity contribution >= 4 is 10.9 Å². The zero-order valence-electron chi connectivity index (χ0n) is 9.17. The summed E-state index contributed by atoms with van der Waals surface area (Å²) in [6.45, 7) is 0. The third kappa shape index (κ3) is 1.81. The first-order valence-electron chi connectivity index (χ1n) is 5.50. The van der Waals surface area contributed by atoms with Gasteiger partial charge in [0.2, 0.25) is 0 Å². The summed E-state index contributed by atoms with van der Waals surface area (Å²) in [5.74, 6) is 0. The second-order valence-electron chi connectivity index (χ2n) is 4.00. The molecule has 0 aliphatic heterocycles. The Bertz CT molecular complexity index is 598. The van der Waals surface area contributed by atoms with Crippen molar-refractivity contribution in [2.75, 3.05) is 0 Å². The van der Waals surface area contributed by atoms with Crippen molar-refractivity contribution in [3.8, 4) is 0 Å². The highest BCUT2D eigenvalue weighted by Crippen LogP contribution is 2.24. The number of aliphatic hydroxyl groups is 1. The molecule has 2 aromatic heterocycles. The highest BCUT2D eigenvalue weighted by molar-refractivity contribution is 5.79. The van der Waals surface area contributed by atoms with Crippen molar-refractivity contribution in [2.45, 2.75) is 6.10 Å². The molecule has 3 nitrogen and oxygen atoms in total. The van der Waals surface area contributed by atoms with Crippen molar-refractivity contribution in [3.05, 3.63) is 66.1 Å². The van der Waals surface area contributed by atoms with Crippen LogP contribution >= 0.6 is 0 Å². The Morgan fingerprint density at radius 1 is 1.12 bits per heavy atom. The van der Waals surface area contributed by atoms with Crippen molar-refractivity contribution in [2.24, 2.45) is 0 Å². The fourth-order valence-electron chi connectivity index (χ4n) is 1.96. The number of fused-ring (bicyclic) bond motifs is 1. The standard InChI is InChI=1S/C14H12N2O/c17-14(10-4-2-1-3-5-10)12-8-11-6-7-15-9-13(11)16-12/h1-9,14,16-17H/t14-/m0/s1. The Balaban J connectivity index is 2.04. The Hall–Kier alpha value is -2.13. The van der Waals surface area contributed by atoms with Crippen LogP contribution in [0.3, 0.4) is 0 Å². The molecule has 3 aromatic rings. The minimum atomic E-state index is -0.622. The summed E-state index contributed by atoms with van der Waals surface area (Å²) >= 11 is 0. The van der Waals surface area contributed by atoms with Crippen LogP contribution in [-0.4, -0.2) is 15.1 Å². The van der Waals surface area contributed by atoms with E-state index in [4.69, 9.17) is 0 Å². The van der Waals surface area contributed by atoms with Crippen LogP contribution < -0.4 is 0 Å². The van der Waals surface area contributed by atoms with E-state index in [1.807, 2.05) is 42.5 Å². The molecule has 0 aliphatic carbocycles. The fraction of sp³-hybridized carbons (Fsp3) is 0.0714. The number of aromatic nitrogens is 2. The average Bonchev–Trinajstić information content (AvgIpc) is 2.82. The van der Waals surface area contributed by atoms with Crippen LogP contribution in [0.15, 0.2) is 54.9 Å². The summed E-state index contributed by atoms with van der Waals surface area (Å²) in [6, 6.07) is 13.5. The van der Waals surface area contributed by atoms with Crippen molar-refractivity contribution in [3.63, 3.8) is 0 Å². The van der Waals surface area contributed by atoms with E-state index in [0.29, 0.717) is 0 Å². The van der Waals surface area contributed by atoms with Crippen LogP contribution in [0.5, 0.6) is 0 Å². The van der Waals surface area contributed by atoms with Gasteiger partial charge in [-0.05, 0) is 17.7 Å². The molecule has 0 fully saturated rings. The molecule has 2 heterocycles. The molecule has 1 aromatic carbocycles. The number of pyridine rings is 1. The third-order valence-electron chi connectivity index (χ3n) is 2.85. The number of hydrogen-bond donors (Lipinski definition) is 2. The van der Waals surface area contributed by atoms with Gasteiger partial charge < -0.3 is 10.1 Å². The second kappa shape index (κ2) is 4.03. The molecule has 17 heavy (non-hydrogen) atoms. The van der Waals surface area contributed by atoms with Gasteiger partial charge in [0.1, 0.15) is 6.10 Å². The number of rotatable bonds is 2. The van der Waals surface area contributed by atoms with Crippen LogP contribution in [0.4, 0.5) is 0 Å². The maximum Gasteiger partial charge on any atom is 0.119 e. The third-order valence-corrected chi connectivity index (χ3v) is 2.85. The van der Waals surface area contributed by atoms with Gasteiger partial charge >= 0.3 is 0 Å². The SMILES string of the molecule is O[C@@H](c1ccccc1)c1cc2ccncc2[nH]1. The van der Waals surface area contributed by atoms with Gasteiger partial charge in [0.25, 0.3) is 0 Å². The number of aliphatic hydroxyl groups excluding tert-OH is 1. The maximum atomic E-state index is 10.2. The van der Waals surface area contributed by atoms with Crippen LogP contribution in [0, 0.1) is 0 Å². The monoisotopic (exact) mass is 224 g/mol. The number of nitrogens with one attached hydrogen (secondary N) is 1. The van der Waals surface area contributed by atoms with Crippen LogP contribution in [-0.2, 0) is 0 Å². The minimum Gasteiger partial charge on any atom is -0.382 e. The van der Waals surface area contributed by atoms with E-state index in [-0.39, 0.29) is 0 Å². The zero-order chi connectivity index (χ0) is 11.7. The van der Waals surface area contributed by atoms with Gasteiger partial charge in [-0.3, -0.25) is 4.98 Å². The van der Waals surface area contributed by atoms with E-state index >= 15 is 0 Å². The topological polar surface area (TPSA) is 48.9 Å².